The minimum Gasteiger partial charge on any atom is -0.352 e. The van der Waals surface area contributed by atoms with Gasteiger partial charge in [0.25, 0.3) is 0 Å². The Balaban J connectivity index is 1.51. The van der Waals surface area contributed by atoms with Crippen LogP contribution in [-0.2, 0) is 4.79 Å². The molecule has 40 heavy (non-hydrogen) atoms. The summed E-state index contributed by atoms with van der Waals surface area (Å²) >= 11 is 5.87. The van der Waals surface area contributed by atoms with Gasteiger partial charge in [0.15, 0.2) is 5.11 Å². The number of anilines is 1. The number of benzene rings is 2. The summed E-state index contributed by atoms with van der Waals surface area (Å²) in [6.07, 6.45) is 2.13. The molecule has 5 rings (SSSR count). The monoisotopic (exact) mass is 551 g/mol. The summed E-state index contributed by atoms with van der Waals surface area (Å²) < 4.78 is 2.36. The van der Waals surface area contributed by atoms with Crippen molar-refractivity contribution in [2.24, 2.45) is 0 Å². The maximum absolute atomic E-state index is 13.0. The van der Waals surface area contributed by atoms with Crippen molar-refractivity contribution >= 4 is 28.9 Å². The molecule has 1 aliphatic heterocycles. The molecular formula is C33H37N5OS. The Morgan fingerprint density at radius 3 is 2.38 bits per heavy atom. The third kappa shape index (κ3) is 5.39. The molecule has 3 heterocycles. The standard InChI is InChI=1S/C33H37N5OS/c1-20-10-9-11-26(18-20)35-29(39)13-15-37-32(30(36-33(37)40)28-12-7-8-14-34-28)27-19-24(5)38(25(27)6)31-22(3)16-21(2)17-23(31)4/h7-12,14,16-19,30,32H,13,15H2,1-6H3,(H,35,39)(H,36,40)/t30-,32-/m1/s1. The fourth-order valence-corrected chi connectivity index (χ4v) is 6.44. The molecule has 2 atom stereocenters. The highest BCUT2D eigenvalue weighted by molar-refractivity contribution is 7.80. The van der Waals surface area contributed by atoms with Crippen LogP contribution in [0.25, 0.3) is 5.69 Å². The summed E-state index contributed by atoms with van der Waals surface area (Å²) in [5.74, 6) is -0.0372. The average Bonchev–Trinajstić information content (AvgIpc) is 3.38. The first-order valence-corrected chi connectivity index (χ1v) is 14.2. The number of carbonyl (C=O) groups excluding carboxylic acids is 1. The highest BCUT2D eigenvalue weighted by Crippen LogP contribution is 2.42. The van der Waals surface area contributed by atoms with Gasteiger partial charge in [0.1, 0.15) is 0 Å². The fourth-order valence-electron chi connectivity index (χ4n) is 6.11. The molecular weight excluding hydrogens is 514 g/mol. The molecule has 2 aromatic carbocycles. The number of aromatic nitrogens is 2. The van der Waals surface area contributed by atoms with E-state index in [1.807, 2.05) is 55.6 Å². The van der Waals surface area contributed by atoms with Crippen LogP contribution in [0.1, 0.15) is 63.4 Å². The van der Waals surface area contributed by atoms with Crippen LogP contribution in [0.5, 0.6) is 0 Å². The fraction of sp³-hybridized carbons (Fsp3) is 0.303. The molecule has 0 saturated carbocycles. The molecule has 0 spiro atoms. The maximum atomic E-state index is 13.0. The van der Waals surface area contributed by atoms with Crippen molar-refractivity contribution in [3.05, 3.63) is 112 Å². The Morgan fingerprint density at radius 1 is 0.950 bits per heavy atom. The van der Waals surface area contributed by atoms with Crippen LogP contribution in [0.2, 0.25) is 0 Å². The minimum absolute atomic E-state index is 0.0372. The third-order valence-electron chi connectivity index (χ3n) is 7.73. The lowest BCUT2D eigenvalue weighted by atomic mass is 9.96. The molecule has 1 aliphatic rings. The molecule has 0 aliphatic carbocycles. The van der Waals surface area contributed by atoms with Gasteiger partial charge in [-0.25, -0.2) is 0 Å². The van der Waals surface area contributed by atoms with Crippen LogP contribution in [-0.4, -0.2) is 32.0 Å². The van der Waals surface area contributed by atoms with E-state index in [-0.39, 0.29) is 18.0 Å². The van der Waals surface area contributed by atoms with Crippen LogP contribution >= 0.6 is 12.2 Å². The largest absolute Gasteiger partial charge is 0.352 e. The number of aryl methyl sites for hydroxylation is 5. The molecule has 1 amide bonds. The van der Waals surface area contributed by atoms with Crippen LogP contribution in [0.4, 0.5) is 5.69 Å². The first-order valence-electron chi connectivity index (χ1n) is 13.8. The molecule has 206 valence electrons. The average molecular weight is 552 g/mol. The molecule has 0 unspecified atom stereocenters. The van der Waals surface area contributed by atoms with E-state index in [1.54, 1.807) is 0 Å². The minimum atomic E-state index is -0.136. The van der Waals surface area contributed by atoms with Gasteiger partial charge in [0.05, 0.1) is 23.5 Å². The molecule has 2 aromatic heterocycles. The summed E-state index contributed by atoms with van der Waals surface area (Å²) in [7, 11) is 0. The second-order valence-electron chi connectivity index (χ2n) is 10.9. The first-order chi connectivity index (χ1) is 19.1. The van der Waals surface area contributed by atoms with E-state index in [2.05, 4.69) is 77.9 Å². The maximum Gasteiger partial charge on any atom is 0.226 e. The van der Waals surface area contributed by atoms with Crippen LogP contribution in [0.15, 0.2) is 66.9 Å². The second-order valence-corrected chi connectivity index (χ2v) is 11.3. The van der Waals surface area contributed by atoms with Gasteiger partial charge >= 0.3 is 0 Å². The van der Waals surface area contributed by atoms with Crippen molar-refractivity contribution in [1.29, 1.82) is 0 Å². The lowest BCUT2D eigenvalue weighted by Gasteiger charge is -2.28. The quantitative estimate of drug-likeness (QED) is 0.250. The van der Waals surface area contributed by atoms with E-state index in [0.717, 1.165) is 22.6 Å². The molecule has 1 fully saturated rings. The number of nitrogens with zero attached hydrogens (tertiary/aromatic N) is 3. The van der Waals surface area contributed by atoms with Gasteiger partial charge in [-0.3, -0.25) is 9.78 Å². The predicted octanol–water partition coefficient (Wildman–Crippen LogP) is 6.72. The van der Waals surface area contributed by atoms with E-state index in [1.165, 1.54) is 33.6 Å². The summed E-state index contributed by atoms with van der Waals surface area (Å²) in [5.41, 5.74) is 11.3. The van der Waals surface area contributed by atoms with Gasteiger partial charge in [0, 0.05) is 36.2 Å². The van der Waals surface area contributed by atoms with Crippen molar-refractivity contribution < 1.29 is 4.79 Å². The van der Waals surface area contributed by atoms with Crippen molar-refractivity contribution in [3.8, 4) is 5.69 Å². The van der Waals surface area contributed by atoms with E-state index >= 15 is 0 Å². The molecule has 2 N–H and O–H groups in total. The number of hydrogen-bond acceptors (Lipinski definition) is 3. The summed E-state index contributed by atoms with van der Waals surface area (Å²) in [6, 6.07) is 20.3. The van der Waals surface area contributed by atoms with E-state index in [4.69, 9.17) is 12.2 Å². The predicted molar refractivity (Wildman–Crippen MR) is 166 cm³/mol. The van der Waals surface area contributed by atoms with Crippen molar-refractivity contribution in [2.75, 3.05) is 11.9 Å². The number of rotatable bonds is 7. The lowest BCUT2D eigenvalue weighted by Crippen LogP contribution is -2.32. The summed E-state index contributed by atoms with van der Waals surface area (Å²) in [4.78, 5) is 19.8. The van der Waals surface area contributed by atoms with Crippen molar-refractivity contribution in [1.82, 2.24) is 19.8 Å². The molecule has 1 saturated heterocycles. The molecule has 0 radical (unpaired) electrons. The van der Waals surface area contributed by atoms with Crippen molar-refractivity contribution in [3.63, 3.8) is 0 Å². The number of thiocarbonyl (C=S) groups is 1. The first kappa shape index (κ1) is 27.6. The smallest absolute Gasteiger partial charge is 0.226 e. The van der Waals surface area contributed by atoms with E-state index in [9.17, 15) is 4.79 Å². The van der Waals surface area contributed by atoms with Crippen molar-refractivity contribution in [2.45, 2.75) is 60.0 Å². The number of pyridine rings is 1. The Kier molecular flexibility index (Phi) is 7.76. The summed E-state index contributed by atoms with van der Waals surface area (Å²) in [5, 5.41) is 7.20. The van der Waals surface area contributed by atoms with Gasteiger partial charge in [-0.15, -0.1) is 0 Å². The third-order valence-corrected chi connectivity index (χ3v) is 8.08. The highest BCUT2D eigenvalue weighted by atomic mass is 32.1. The van der Waals surface area contributed by atoms with Crippen LogP contribution in [0, 0.1) is 41.5 Å². The second kappa shape index (κ2) is 11.3. The molecule has 6 nitrogen and oxygen atoms in total. The molecule has 0 bridgehead atoms. The van der Waals surface area contributed by atoms with Gasteiger partial charge in [-0.1, -0.05) is 35.9 Å². The Morgan fingerprint density at radius 2 is 1.70 bits per heavy atom. The number of nitrogens with one attached hydrogen (secondary N) is 2. The SMILES string of the molecule is Cc1cccc(NC(=O)CCN2C(=S)N[C@H](c3ccccn3)[C@H]2c2cc(C)n(-c3c(C)cc(C)cc3C)c2C)c1. The zero-order valence-electron chi connectivity index (χ0n) is 24.1. The normalized spacial score (nSPS) is 16.8. The Hall–Kier alpha value is -3.97. The number of amides is 1. The Labute approximate surface area is 242 Å². The van der Waals surface area contributed by atoms with Gasteiger partial charge in [-0.2, -0.15) is 0 Å². The van der Waals surface area contributed by atoms with E-state index in [0.29, 0.717) is 18.1 Å². The van der Waals surface area contributed by atoms with Crippen LogP contribution in [0.3, 0.4) is 0 Å². The van der Waals surface area contributed by atoms with E-state index < -0.39 is 0 Å². The highest BCUT2D eigenvalue weighted by Gasteiger charge is 2.41. The van der Waals surface area contributed by atoms with Gasteiger partial charge in [0.2, 0.25) is 5.91 Å². The van der Waals surface area contributed by atoms with Gasteiger partial charge < -0.3 is 20.1 Å². The summed E-state index contributed by atoms with van der Waals surface area (Å²) in [6.45, 7) is 13.3. The Bertz CT molecular complexity index is 1550. The van der Waals surface area contributed by atoms with Crippen LogP contribution < -0.4 is 10.6 Å². The zero-order chi connectivity index (χ0) is 28.6. The topological polar surface area (TPSA) is 62.2 Å². The molecule has 4 aromatic rings. The number of hydrogen-bond donors (Lipinski definition) is 2. The molecule has 7 heteroatoms. The lowest BCUT2D eigenvalue weighted by molar-refractivity contribution is -0.116. The zero-order valence-corrected chi connectivity index (χ0v) is 24.9. The van der Waals surface area contributed by atoms with Gasteiger partial charge in [-0.05, 0) is 106 Å². The number of carbonyl (C=O) groups is 1.